The lowest BCUT2D eigenvalue weighted by Crippen LogP contribution is -2.24. The fourth-order valence-corrected chi connectivity index (χ4v) is 6.40. The zero-order valence-electron chi connectivity index (χ0n) is 20.1. The SMILES string of the molecule is COc1ccc(C(C)=NNC(=O)CSc2nc3sc4c(c3c(=O)n2-c2ccccc2)CCCC4)cc1. The minimum atomic E-state index is -0.271. The van der Waals surface area contributed by atoms with Gasteiger partial charge in [0.15, 0.2) is 5.16 Å². The number of methoxy groups -OCH3 is 1. The lowest BCUT2D eigenvalue weighted by atomic mass is 9.97. The Balaban J connectivity index is 1.40. The Kier molecular flexibility index (Phi) is 7.20. The van der Waals surface area contributed by atoms with Crippen LogP contribution in [0.4, 0.5) is 0 Å². The maximum Gasteiger partial charge on any atom is 0.267 e. The van der Waals surface area contributed by atoms with Crippen molar-refractivity contribution in [1.29, 1.82) is 0 Å². The summed E-state index contributed by atoms with van der Waals surface area (Å²) in [6.07, 6.45) is 4.15. The van der Waals surface area contributed by atoms with Gasteiger partial charge >= 0.3 is 0 Å². The van der Waals surface area contributed by atoms with Crippen LogP contribution in [0.3, 0.4) is 0 Å². The summed E-state index contributed by atoms with van der Waals surface area (Å²) in [6.45, 7) is 1.83. The molecule has 2 aromatic heterocycles. The number of hydrazone groups is 1. The van der Waals surface area contributed by atoms with Crippen molar-refractivity contribution in [1.82, 2.24) is 15.0 Å². The van der Waals surface area contributed by atoms with E-state index in [1.165, 1.54) is 16.6 Å². The number of amides is 1. The molecule has 1 N–H and O–H groups in total. The van der Waals surface area contributed by atoms with Crippen molar-refractivity contribution < 1.29 is 9.53 Å². The van der Waals surface area contributed by atoms with Crippen LogP contribution in [0.5, 0.6) is 5.75 Å². The van der Waals surface area contributed by atoms with Crippen molar-refractivity contribution in [3.63, 3.8) is 0 Å². The Morgan fingerprint density at radius 3 is 2.64 bits per heavy atom. The number of carbonyl (C=O) groups excluding carboxylic acids is 1. The third kappa shape index (κ3) is 4.94. The Morgan fingerprint density at radius 1 is 1.14 bits per heavy atom. The number of hydrogen-bond donors (Lipinski definition) is 1. The number of thioether (sulfide) groups is 1. The average Bonchev–Trinajstić information content (AvgIpc) is 3.30. The van der Waals surface area contributed by atoms with Crippen molar-refractivity contribution in [2.45, 2.75) is 37.8 Å². The van der Waals surface area contributed by atoms with Crippen LogP contribution in [0.15, 0.2) is 69.6 Å². The van der Waals surface area contributed by atoms with Crippen molar-refractivity contribution in [3.05, 3.63) is 81.0 Å². The monoisotopic (exact) mass is 518 g/mol. The molecule has 9 heteroatoms. The standard InChI is InChI=1S/C27H26N4O3S2/c1-17(18-12-14-20(34-2)15-13-18)29-30-23(32)16-35-27-28-25-24(21-10-6-7-11-22(21)36-25)26(33)31(27)19-8-4-3-5-9-19/h3-5,8-9,12-15H,6-7,10-11,16H2,1-2H3,(H,30,32). The zero-order valence-corrected chi connectivity index (χ0v) is 21.7. The molecule has 0 radical (unpaired) electrons. The van der Waals surface area contributed by atoms with Crippen LogP contribution in [-0.4, -0.2) is 34.0 Å². The second-order valence-electron chi connectivity index (χ2n) is 8.51. The molecule has 0 saturated carbocycles. The van der Waals surface area contributed by atoms with Gasteiger partial charge in [0.05, 0.1) is 29.6 Å². The van der Waals surface area contributed by atoms with Crippen LogP contribution in [0.2, 0.25) is 0 Å². The first-order chi connectivity index (χ1) is 17.5. The Morgan fingerprint density at radius 2 is 1.89 bits per heavy atom. The van der Waals surface area contributed by atoms with Crippen LogP contribution < -0.4 is 15.7 Å². The second kappa shape index (κ2) is 10.7. The molecule has 0 spiro atoms. The van der Waals surface area contributed by atoms with Crippen molar-refractivity contribution in [2.75, 3.05) is 12.9 Å². The molecule has 184 valence electrons. The van der Waals surface area contributed by atoms with Crippen LogP contribution in [0.25, 0.3) is 15.9 Å². The van der Waals surface area contributed by atoms with E-state index in [0.717, 1.165) is 58.5 Å². The Hall–Kier alpha value is -3.43. The summed E-state index contributed by atoms with van der Waals surface area (Å²) < 4.78 is 6.81. The van der Waals surface area contributed by atoms with E-state index >= 15 is 0 Å². The number of para-hydroxylation sites is 1. The van der Waals surface area contributed by atoms with Gasteiger partial charge in [0.25, 0.3) is 11.5 Å². The molecule has 0 bridgehead atoms. The highest BCUT2D eigenvalue weighted by atomic mass is 32.2. The summed E-state index contributed by atoms with van der Waals surface area (Å²) >= 11 is 2.85. The van der Waals surface area contributed by atoms with Gasteiger partial charge in [-0.15, -0.1) is 11.3 Å². The van der Waals surface area contributed by atoms with Gasteiger partial charge in [0.2, 0.25) is 0 Å². The van der Waals surface area contributed by atoms with E-state index in [4.69, 9.17) is 9.72 Å². The summed E-state index contributed by atoms with van der Waals surface area (Å²) in [4.78, 5) is 33.3. The van der Waals surface area contributed by atoms with E-state index in [-0.39, 0.29) is 17.2 Å². The largest absolute Gasteiger partial charge is 0.497 e. The van der Waals surface area contributed by atoms with E-state index in [1.807, 2.05) is 61.5 Å². The fourth-order valence-electron chi connectivity index (χ4n) is 4.29. The molecule has 7 nitrogen and oxygen atoms in total. The minimum Gasteiger partial charge on any atom is -0.497 e. The topological polar surface area (TPSA) is 85.6 Å². The maximum absolute atomic E-state index is 13.7. The van der Waals surface area contributed by atoms with Gasteiger partial charge in [0.1, 0.15) is 10.6 Å². The molecular formula is C27H26N4O3S2. The molecule has 0 aliphatic heterocycles. The first kappa shape index (κ1) is 24.3. The molecule has 0 saturated heterocycles. The normalized spacial score (nSPS) is 13.4. The first-order valence-electron chi connectivity index (χ1n) is 11.8. The molecular weight excluding hydrogens is 492 g/mol. The van der Waals surface area contributed by atoms with Gasteiger partial charge in [-0.3, -0.25) is 14.2 Å². The summed E-state index contributed by atoms with van der Waals surface area (Å²) in [5.41, 5.74) is 6.01. The van der Waals surface area contributed by atoms with E-state index in [1.54, 1.807) is 23.0 Å². The summed E-state index contributed by atoms with van der Waals surface area (Å²) in [5, 5.41) is 5.46. The highest BCUT2D eigenvalue weighted by Gasteiger charge is 2.23. The molecule has 0 atom stereocenters. The zero-order chi connectivity index (χ0) is 25.1. The quantitative estimate of drug-likeness (QED) is 0.162. The predicted octanol–water partition coefficient (Wildman–Crippen LogP) is 4.97. The number of thiophene rings is 1. The van der Waals surface area contributed by atoms with E-state index in [0.29, 0.717) is 10.9 Å². The maximum atomic E-state index is 13.7. The summed E-state index contributed by atoms with van der Waals surface area (Å²) in [7, 11) is 1.62. The average molecular weight is 519 g/mol. The number of nitrogens with one attached hydrogen (secondary N) is 1. The highest BCUT2D eigenvalue weighted by molar-refractivity contribution is 7.99. The van der Waals surface area contributed by atoms with Gasteiger partial charge in [-0.2, -0.15) is 5.10 Å². The number of benzene rings is 2. The van der Waals surface area contributed by atoms with Crippen LogP contribution in [0.1, 0.15) is 35.8 Å². The lowest BCUT2D eigenvalue weighted by Gasteiger charge is -2.13. The molecule has 0 fully saturated rings. The first-order valence-corrected chi connectivity index (χ1v) is 13.6. The third-order valence-corrected chi connectivity index (χ3v) is 8.29. The molecule has 2 heterocycles. The Labute approximate surface area is 217 Å². The van der Waals surface area contributed by atoms with Crippen LogP contribution >= 0.6 is 23.1 Å². The number of hydrogen-bond acceptors (Lipinski definition) is 7. The molecule has 2 aromatic carbocycles. The number of rotatable bonds is 7. The highest BCUT2D eigenvalue weighted by Crippen LogP contribution is 2.35. The number of carbonyl (C=O) groups is 1. The van der Waals surface area contributed by atoms with Crippen molar-refractivity contribution in [2.24, 2.45) is 5.10 Å². The summed E-state index contributed by atoms with van der Waals surface area (Å²) in [6, 6.07) is 16.9. The van der Waals surface area contributed by atoms with E-state index in [2.05, 4.69) is 10.5 Å². The predicted molar refractivity (Wildman–Crippen MR) is 146 cm³/mol. The number of nitrogens with zero attached hydrogens (tertiary/aromatic N) is 3. The third-order valence-electron chi connectivity index (χ3n) is 6.16. The smallest absolute Gasteiger partial charge is 0.267 e. The van der Waals surface area contributed by atoms with Gasteiger partial charge < -0.3 is 4.74 Å². The lowest BCUT2D eigenvalue weighted by molar-refractivity contribution is -0.118. The fraction of sp³-hybridized carbons (Fsp3) is 0.259. The number of aromatic nitrogens is 2. The van der Waals surface area contributed by atoms with Gasteiger partial charge in [-0.1, -0.05) is 30.0 Å². The molecule has 1 aliphatic carbocycles. The van der Waals surface area contributed by atoms with Crippen LogP contribution in [-0.2, 0) is 17.6 Å². The number of ether oxygens (including phenoxy) is 1. The van der Waals surface area contributed by atoms with Crippen molar-refractivity contribution >= 4 is 44.9 Å². The van der Waals surface area contributed by atoms with Gasteiger partial charge in [-0.05, 0) is 80.1 Å². The van der Waals surface area contributed by atoms with E-state index in [9.17, 15) is 9.59 Å². The van der Waals surface area contributed by atoms with E-state index < -0.39 is 0 Å². The van der Waals surface area contributed by atoms with Crippen molar-refractivity contribution in [3.8, 4) is 11.4 Å². The molecule has 36 heavy (non-hydrogen) atoms. The van der Waals surface area contributed by atoms with Gasteiger partial charge in [-0.25, -0.2) is 10.4 Å². The molecule has 5 rings (SSSR count). The molecule has 1 aliphatic rings. The van der Waals surface area contributed by atoms with Gasteiger partial charge in [0, 0.05) is 4.88 Å². The summed E-state index contributed by atoms with van der Waals surface area (Å²) in [5.74, 6) is 0.565. The minimum absolute atomic E-state index is 0.0677. The second-order valence-corrected chi connectivity index (χ2v) is 10.5. The number of aryl methyl sites for hydroxylation is 2. The Bertz CT molecular complexity index is 1490. The molecule has 0 unspecified atom stereocenters. The molecule has 4 aromatic rings. The van der Waals surface area contributed by atoms with Crippen LogP contribution in [0, 0.1) is 0 Å². The number of fused-ring (bicyclic) bond motifs is 3. The molecule has 1 amide bonds.